The van der Waals surface area contributed by atoms with Crippen molar-refractivity contribution in [2.24, 2.45) is 5.92 Å². The third-order valence-electron chi connectivity index (χ3n) is 2.29. The van der Waals surface area contributed by atoms with E-state index in [4.69, 9.17) is 0 Å². The third kappa shape index (κ3) is 6.37. The predicted molar refractivity (Wildman–Crippen MR) is 77.7 cm³/mol. The maximum absolute atomic E-state index is 11.5. The van der Waals surface area contributed by atoms with E-state index in [1.807, 2.05) is 26.0 Å². The van der Waals surface area contributed by atoms with Crippen LogP contribution in [0.25, 0.3) is 0 Å². The lowest BCUT2D eigenvalue weighted by molar-refractivity contribution is 0.147. The van der Waals surface area contributed by atoms with Gasteiger partial charge in [-0.1, -0.05) is 13.8 Å². The molecule has 2 amide bonds. The van der Waals surface area contributed by atoms with Crippen molar-refractivity contribution in [1.82, 2.24) is 10.6 Å². The quantitative estimate of drug-likeness (QED) is 0.749. The molecule has 0 spiro atoms. The van der Waals surface area contributed by atoms with Gasteiger partial charge in [-0.25, -0.2) is 4.79 Å². The number of nitrogens with one attached hydrogen (secondary N) is 2. The van der Waals surface area contributed by atoms with Crippen LogP contribution in [0, 0.1) is 5.92 Å². The molecule has 0 aliphatic rings. The zero-order chi connectivity index (χ0) is 13.5. The molecule has 0 saturated heterocycles. The predicted octanol–water partition coefficient (Wildman–Crippen LogP) is 2.72. The molecule has 0 saturated carbocycles. The zero-order valence-electron chi connectivity index (χ0n) is 10.6. The van der Waals surface area contributed by atoms with Crippen LogP contribution in [0.5, 0.6) is 0 Å². The number of hydrogen-bond donors (Lipinski definition) is 3. The molecule has 6 heteroatoms. The minimum absolute atomic E-state index is 0.248. The van der Waals surface area contributed by atoms with Crippen molar-refractivity contribution in [2.75, 3.05) is 6.54 Å². The Labute approximate surface area is 120 Å². The molecule has 18 heavy (non-hydrogen) atoms. The van der Waals surface area contributed by atoms with Crippen LogP contribution in [-0.2, 0) is 6.54 Å². The van der Waals surface area contributed by atoms with Crippen molar-refractivity contribution in [3.63, 3.8) is 0 Å². The second-order valence-electron chi connectivity index (χ2n) is 4.55. The molecule has 0 aliphatic heterocycles. The van der Waals surface area contributed by atoms with Crippen molar-refractivity contribution >= 4 is 33.3 Å². The van der Waals surface area contributed by atoms with Gasteiger partial charge in [0, 0.05) is 11.4 Å². The number of hydrogen-bond acceptors (Lipinski definition) is 3. The summed E-state index contributed by atoms with van der Waals surface area (Å²) in [5.41, 5.74) is 0. The van der Waals surface area contributed by atoms with E-state index in [0.717, 1.165) is 8.66 Å². The number of carbonyl (C=O) groups excluding carboxylic acids is 1. The van der Waals surface area contributed by atoms with Crippen LogP contribution in [0.1, 0.15) is 25.1 Å². The van der Waals surface area contributed by atoms with Crippen LogP contribution in [0.15, 0.2) is 15.9 Å². The Balaban J connectivity index is 2.18. The van der Waals surface area contributed by atoms with Gasteiger partial charge in [-0.15, -0.1) is 11.3 Å². The van der Waals surface area contributed by atoms with E-state index in [1.54, 1.807) is 11.3 Å². The summed E-state index contributed by atoms with van der Waals surface area (Å²) >= 11 is 4.96. The molecule has 102 valence electrons. The molecular weight excluding hydrogens is 316 g/mol. The second kappa shape index (κ2) is 7.76. The van der Waals surface area contributed by atoms with Gasteiger partial charge in [0.2, 0.25) is 0 Å². The minimum Gasteiger partial charge on any atom is -0.391 e. The Bertz CT molecular complexity index is 382. The van der Waals surface area contributed by atoms with Gasteiger partial charge in [-0.3, -0.25) is 0 Å². The summed E-state index contributed by atoms with van der Waals surface area (Å²) < 4.78 is 1.05. The van der Waals surface area contributed by atoms with E-state index < -0.39 is 6.10 Å². The summed E-state index contributed by atoms with van der Waals surface area (Å²) in [6, 6.07) is 3.66. The van der Waals surface area contributed by atoms with Gasteiger partial charge in [0.05, 0.1) is 16.4 Å². The molecule has 1 aromatic heterocycles. The van der Waals surface area contributed by atoms with Gasteiger partial charge in [-0.2, -0.15) is 0 Å². The average molecular weight is 335 g/mol. The highest BCUT2D eigenvalue weighted by atomic mass is 79.9. The van der Waals surface area contributed by atoms with Crippen LogP contribution in [0.4, 0.5) is 4.79 Å². The highest BCUT2D eigenvalue weighted by Gasteiger charge is 2.08. The topological polar surface area (TPSA) is 61.4 Å². The standard InChI is InChI=1S/C12H19BrN2O2S/c1-8(2)5-9(16)6-14-12(17)15-7-10-3-4-11(13)18-10/h3-4,8-9,16H,5-7H2,1-2H3,(H2,14,15,17). The van der Waals surface area contributed by atoms with E-state index >= 15 is 0 Å². The smallest absolute Gasteiger partial charge is 0.315 e. The lowest BCUT2D eigenvalue weighted by atomic mass is 10.1. The molecule has 0 bridgehead atoms. The first kappa shape index (κ1) is 15.5. The van der Waals surface area contributed by atoms with Crippen molar-refractivity contribution in [1.29, 1.82) is 0 Å². The van der Waals surface area contributed by atoms with E-state index in [0.29, 0.717) is 18.9 Å². The van der Waals surface area contributed by atoms with Gasteiger partial charge in [0.15, 0.2) is 0 Å². The fourth-order valence-corrected chi connectivity index (χ4v) is 2.94. The second-order valence-corrected chi connectivity index (χ2v) is 7.10. The van der Waals surface area contributed by atoms with Gasteiger partial charge in [0.1, 0.15) is 0 Å². The monoisotopic (exact) mass is 334 g/mol. The molecule has 1 aromatic rings. The highest BCUT2D eigenvalue weighted by molar-refractivity contribution is 9.11. The van der Waals surface area contributed by atoms with Gasteiger partial charge >= 0.3 is 6.03 Å². The van der Waals surface area contributed by atoms with E-state index in [9.17, 15) is 9.90 Å². The van der Waals surface area contributed by atoms with E-state index in [2.05, 4.69) is 26.6 Å². The normalized spacial score (nSPS) is 12.5. The van der Waals surface area contributed by atoms with E-state index in [-0.39, 0.29) is 12.6 Å². The number of urea groups is 1. The summed E-state index contributed by atoms with van der Waals surface area (Å²) in [5.74, 6) is 0.424. The Morgan fingerprint density at radius 3 is 2.72 bits per heavy atom. The SMILES string of the molecule is CC(C)CC(O)CNC(=O)NCc1ccc(Br)s1. The first-order chi connectivity index (χ1) is 8.47. The number of halogens is 1. The molecule has 1 heterocycles. The Kier molecular flexibility index (Phi) is 6.67. The fraction of sp³-hybridized carbons (Fsp3) is 0.583. The minimum atomic E-state index is -0.480. The Morgan fingerprint density at radius 1 is 1.44 bits per heavy atom. The molecular formula is C12H19BrN2O2S. The van der Waals surface area contributed by atoms with Gasteiger partial charge in [0.25, 0.3) is 0 Å². The Morgan fingerprint density at radius 2 is 2.17 bits per heavy atom. The van der Waals surface area contributed by atoms with Crippen LogP contribution in [-0.4, -0.2) is 23.8 Å². The molecule has 0 radical (unpaired) electrons. The Hall–Kier alpha value is -0.590. The lowest BCUT2D eigenvalue weighted by Crippen LogP contribution is -2.39. The van der Waals surface area contributed by atoms with Crippen LogP contribution < -0.4 is 10.6 Å². The van der Waals surface area contributed by atoms with Crippen molar-refractivity contribution in [3.8, 4) is 0 Å². The fourth-order valence-electron chi connectivity index (χ4n) is 1.51. The van der Waals surface area contributed by atoms with Crippen LogP contribution in [0.3, 0.4) is 0 Å². The third-order valence-corrected chi connectivity index (χ3v) is 3.92. The maximum atomic E-state index is 11.5. The molecule has 1 unspecified atom stereocenters. The molecule has 0 fully saturated rings. The van der Waals surface area contributed by atoms with Crippen molar-refractivity contribution in [2.45, 2.75) is 32.9 Å². The number of amides is 2. The maximum Gasteiger partial charge on any atom is 0.315 e. The summed E-state index contributed by atoms with van der Waals surface area (Å²) in [4.78, 5) is 12.6. The molecule has 3 N–H and O–H groups in total. The molecule has 0 aliphatic carbocycles. The average Bonchev–Trinajstić information content (AvgIpc) is 2.69. The van der Waals surface area contributed by atoms with Crippen LogP contribution >= 0.6 is 27.3 Å². The number of carbonyl (C=O) groups is 1. The lowest BCUT2D eigenvalue weighted by Gasteiger charge is -2.14. The molecule has 4 nitrogen and oxygen atoms in total. The number of rotatable bonds is 6. The number of thiophene rings is 1. The van der Waals surface area contributed by atoms with Crippen LogP contribution in [0.2, 0.25) is 0 Å². The molecule has 1 rings (SSSR count). The zero-order valence-corrected chi connectivity index (χ0v) is 13.0. The summed E-state index contributed by atoms with van der Waals surface area (Å²) in [5, 5.41) is 15.0. The van der Waals surface area contributed by atoms with Crippen molar-refractivity contribution < 1.29 is 9.90 Å². The largest absolute Gasteiger partial charge is 0.391 e. The van der Waals surface area contributed by atoms with Gasteiger partial charge in [-0.05, 0) is 40.4 Å². The summed E-state index contributed by atoms with van der Waals surface area (Å²) in [7, 11) is 0. The van der Waals surface area contributed by atoms with Crippen molar-refractivity contribution in [3.05, 3.63) is 20.8 Å². The summed E-state index contributed by atoms with van der Waals surface area (Å²) in [6.07, 6.45) is 0.213. The number of aliphatic hydroxyl groups excluding tert-OH is 1. The van der Waals surface area contributed by atoms with E-state index in [1.165, 1.54) is 0 Å². The highest BCUT2D eigenvalue weighted by Crippen LogP contribution is 2.21. The first-order valence-corrected chi connectivity index (χ1v) is 7.52. The summed E-state index contributed by atoms with van der Waals surface area (Å²) in [6.45, 7) is 4.87. The molecule has 0 aromatic carbocycles. The van der Waals surface area contributed by atoms with Gasteiger partial charge < -0.3 is 15.7 Å². The number of aliphatic hydroxyl groups is 1. The first-order valence-electron chi connectivity index (χ1n) is 5.91. The molecule has 1 atom stereocenters.